The molecule has 0 radical (unpaired) electrons. The number of likely N-dealkylation sites (tertiary alicyclic amines) is 1. The van der Waals surface area contributed by atoms with Crippen molar-refractivity contribution in [2.45, 2.75) is 25.8 Å². The van der Waals surface area contributed by atoms with Gasteiger partial charge in [-0.3, -0.25) is 4.79 Å². The monoisotopic (exact) mass is 309 g/mol. The number of amides is 1. The summed E-state index contributed by atoms with van der Waals surface area (Å²) in [6.45, 7) is 3.23. The number of rotatable bonds is 2. The zero-order valence-corrected chi connectivity index (χ0v) is 12.8. The average Bonchev–Trinajstić information content (AvgIpc) is 2.91. The van der Waals surface area contributed by atoms with Crippen LogP contribution in [0.1, 0.15) is 19.8 Å². The van der Waals surface area contributed by atoms with Gasteiger partial charge in [0, 0.05) is 26.1 Å². The molecule has 6 heteroatoms. The zero-order chi connectivity index (χ0) is 14.1. The van der Waals surface area contributed by atoms with Gasteiger partial charge in [-0.2, -0.15) is 0 Å². The number of nitrogens with one attached hydrogen (secondary N) is 1. The van der Waals surface area contributed by atoms with Crippen LogP contribution in [-0.2, 0) is 4.79 Å². The summed E-state index contributed by atoms with van der Waals surface area (Å²) in [7, 11) is 0. The molecule has 1 aromatic carbocycles. The Hall–Kier alpha value is -1.33. The summed E-state index contributed by atoms with van der Waals surface area (Å²) in [5, 5.41) is 4.22. The quantitative estimate of drug-likeness (QED) is 0.925. The van der Waals surface area contributed by atoms with Crippen LogP contribution >= 0.6 is 22.9 Å². The molecule has 1 aliphatic rings. The standard InChI is InChI=1S/C14H16ClN3OS/c1-9(19)18-6-4-10(5-7-18)17-13-11(15)2-3-12-14(13)16-8-20-12/h2-3,8,10,17H,4-7H2,1H3. The van der Waals surface area contributed by atoms with Crippen LogP contribution in [0.5, 0.6) is 0 Å². The second-order valence-corrected chi connectivity index (χ2v) is 6.34. The maximum Gasteiger partial charge on any atom is 0.219 e. The van der Waals surface area contributed by atoms with Gasteiger partial charge in [0.15, 0.2) is 0 Å². The molecule has 1 fully saturated rings. The molecule has 0 bridgehead atoms. The van der Waals surface area contributed by atoms with E-state index in [2.05, 4.69) is 10.3 Å². The normalized spacial score (nSPS) is 16.6. The van der Waals surface area contributed by atoms with Gasteiger partial charge in [-0.25, -0.2) is 4.98 Å². The Kier molecular flexibility index (Phi) is 3.81. The molecule has 0 unspecified atom stereocenters. The van der Waals surface area contributed by atoms with Gasteiger partial charge in [0.2, 0.25) is 5.91 Å². The maximum absolute atomic E-state index is 11.3. The van der Waals surface area contributed by atoms with E-state index in [9.17, 15) is 4.79 Å². The fourth-order valence-electron chi connectivity index (χ4n) is 2.59. The van der Waals surface area contributed by atoms with Crippen molar-refractivity contribution in [2.75, 3.05) is 18.4 Å². The molecule has 1 aliphatic heterocycles. The van der Waals surface area contributed by atoms with Gasteiger partial charge in [-0.05, 0) is 25.0 Å². The molecule has 1 aromatic heterocycles. The average molecular weight is 310 g/mol. The summed E-state index contributed by atoms with van der Waals surface area (Å²) in [6.07, 6.45) is 1.88. The number of fused-ring (bicyclic) bond motifs is 1. The minimum absolute atomic E-state index is 0.156. The zero-order valence-electron chi connectivity index (χ0n) is 11.2. The van der Waals surface area contributed by atoms with E-state index in [4.69, 9.17) is 11.6 Å². The van der Waals surface area contributed by atoms with E-state index < -0.39 is 0 Å². The molecule has 3 rings (SSSR count). The first kappa shape index (κ1) is 13.6. The molecule has 106 valence electrons. The number of halogens is 1. The lowest BCUT2D eigenvalue weighted by molar-refractivity contribution is -0.129. The first-order chi connectivity index (χ1) is 9.65. The first-order valence-electron chi connectivity index (χ1n) is 6.69. The molecule has 1 amide bonds. The first-order valence-corrected chi connectivity index (χ1v) is 7.94. The van der Waals surface area contributed by atoms with Crippen molar-refractivity contribution >= 4 is 44.7 Å². The van der Waals surface area contributed by atoms with Gasteiger partial charge in [0.25, 0.3) is 0 Å². The Bertz CT molecular complexity index is 634. The highest BCUT2D eigenvalue weighted by atomic mass is 35.5. The topological polar surface area (TPSA) is 45.2 Å². The van der Waals surface area contributed by atoms with Crippen LogP contribution in [0.4, 0.5) is 5.69 Å². The van der Waals surface area contributed by atoms with Gasteiger partial charge in [0.05, 0.1) is 20.9 Å². The molecular formula is C14H16ClN3OS. The molecule has 0 atom stereocenters. The van der Waals surface area contributed by atoms with Crippen molar-refractivity contribution < 1.29 is 4.79 Å². The predicted molar refractivity (Wildman–Crippen MR) is 83.5 cm³/mol. The largest absolute Gasteiger partial charge is 0.379 e. The summed E-state index contributed by atoms with van der Waals surface area (Å²) >= 11 is 7.91. The summed E-state index contributed by atoms with van der Waals surface area (Å²) in [6, 6.07) is 4.25. The molecule has 1 saturated heterocycles. The van der Waals surface area contributed by atoms with Gasteiger partial charge < -0.3 is 10.2 Å². The van der Waals surface area contributed by atoms with E-state index in [1.165, 1.54) is 0 Å². The number of aromatic nitrogens is 1. The van der Waals surface area contributed by atoms with Crippen LogP contribution < -0.4 is 5.32 Å². The van der Waals surface area contributed by atoms with Crippen molar-refractivity contribution in [2.24, 2.45) is 0 Å². The SMILES string of the molecule is CC(=O)N1CCC(Nc2c(Cl)ccc3scnc23)CC1. The van der Waals surface area contributed by atoms with Gasteiger partial charge in [0.1, 0.15) is 5.52 Å². The van der Waals surface area contributed by atoms with Gasteiger partial charge in [-0.15, -0.1) is 11.3 Å². The third kappa shape index (κ3) is 2.60. The summed E-state index contributed by atoms with van der Waals surface area (Å²) < 4.78 is 1.14. The molecule has 1 N–H and O–H groups in total. The third-order valence-electron chi connectivity index (χ3n) is 3.74. The highest BCUT2D eigenvalue weighted by molar-refractivity contribution is 7.16. The highest BCUT2D eigenvalue weighted by Crippen LogP contribution is 2.33. The Labute approximate surface area is 126 Å². The lowest BCUT2D eigenvalue weighted by Crippen LogP contribution is -2.41. The second kappa shape index (κ2) is 5.58. The third-order valence-corrected chi connectivity index (χ3v) is 4.85. The minimum Gasteiger partial charge on any atom is -0.379 e. The molecule has 2 aromatic rings. The lowest BCUT2D eigenvalue weighted by Gasteiger charge is -2.32. The van der Waals surface area contributed by atoms with E-state index in [-0.39, 0.29) is 5.91 Å². The molecule has 20 heavy (non-hydrogen) atoms. The Morgan fingerprint density at radius 2 is 2.20 bits per heavy atom. The smallest absolute Gasteiger partial charge is 0.219 e. The number of nitrogens with zero attached hydrogens (tertiary/aromatic N) is 2. The van der Waals surface area contributed by atoms with Crippen molar-refractivity contribution in [1.29, 1.82) is 0 Å². The van der Waals surface area contributed by atoms with Crippen molar-refractivity contribution in [3.8, 4) is 0 Å². The lowest BCUT2D eigenvalue weighted by atomic mass is 10.0. The number of piperidine rings is 1. The maximum atomic E-state index is 11.3. The number of hydrogen-bond acceptors (Lipinski definition) is 4. The number of anilines is 1. The number of benzene rings is 1. The van der Waals surface area contributed by atoms with Gasteiger partial charge >= 0.3 is 0 Å². The fraction of sp³-hybridized carbons (Fsp3) is 0.429. The van der Waals surface area contributed by atoms with Crippen molar-refractivity contribution in [3.05, 3.63) is 22.7 Å². The summed E-state index contributed by atoms with van der Waals surface area (Å²) in [4.78, 5) is 17.6. The van der Waals surface area contributed by atoms with Crippen molar-refractivity contribution in [1.82, 2.24) is 9.88 Å². The van der Waals surface area contributed by atoms with E-state index in [1.807, 2.05) is 22.5 Å². The van der Waals surface area contributed by atoms with E-state index >= 15 is 0 Å². The molecule has 2 heterocycles. The number of carbonyl (C=O) groups is 1. The molecule has 0 aliphatic carbocycles. The second-order valence-electron chi connectivity index (χ2n) is 5.05. The van der Waals surface area contributed by atoms with Crippen LogP contribution in [-0.4, -0.2) is 34.9 Å². The number of carbonyl (C=O) groups excluding carboxylic acids is 1. The highest BCUT2D eigenvalue weighted by Gasteiger charge is 2.22. The molecular weight excluding hydrogens is 294 g/mol. The molecule has 0 spiro atoms. The molecule has 0 saturated carbocycles. The van der Waals surface area contributed by atoms with Crippen LogP contribution in [0.3, 0.4) is 0 Å². The van der Waals surface area contributed by atoms with E-state index in [0.717, 1.165) is 41.8 Å². The summed E-state index contributed by atoms with van der Waals surface area (Å²) in [5.74, 6) is 0.156. The minimum atomic E-state index is 0.156. The van der Waals surface area contributed by atoms with Crippen LogP contribution in [0.2, 0.25) is 5.02 Å². The Balaban J connectivity index is 1.76. The molecule has 4 nitrogen and oxygen atoms in total. The van der Waals surface area contributed by atoms with E-state index in [1.54, 1.807) is 18.3 Å². The van der Waals surface area contributed by atoms with Crippen LogP contribution in [0, 0.1) is 0 Å². The number of thiazole rings is 1. The van der Waals surface area contributed by atoms with Crippen LogP contribution in [0.25, 0.3) is 10.2 Å². The number of hydrogen-bond donors (Lipinski definition) is 1. The Morgan fingerprint density at radius 1 is 1.45 bits per heavy atom. The van der Waals surface area contributed by atoms with Crippen molar-refractivity contribution in [3.63, 3.8) is 0 Å². The van der Waals surface area contributed by atoms with Gasteiger partial charge in [-0.1, -0.05) is 11.6 Å². The van der Waals surface area contributed by atoms with Crippen LogP contribution in [0.15, 0.2) is 17.6 Å². The predicted octanol–water partition coefficient (Wildman–Crippen LogP) is 3.37. The summed E-state index contributed by atoms with van der Waals surface area (Å²) in [5.41, 5.74) is 3.70. The Morgan fingerprint density at radius 3 is 2.90 bits per heavy atom. The fourth-order valence-corrected chi connectivity index (χ4v) is 3.48. The van der Waals surface area contributed by atoms with E-state index in [0.29, 0.717) is 11.1 Å².